The third kappa shape index (κ3) is 6.44. The Morgan fingerprint density at radius 3 is 2.55 bits per heavy atom. The lowest BCUT2D eigenvalue weighted by molar-refractivity contribution is -0.140. The minimum absolute atomic E-state index is 0.0712. The van der Waals surface area contributed by atoms with Crippen LogP contribution in [0.3, 0.4) is 0 Å². The van der Waals surface area contributed by atoms with E-state index < -0.39 is 28.7 Å². The molecule has 1 rings (SSSR count). The van der Waals surface area contributed by atoms with Gasteiger partial charge in [-0.15, -0.1) is 0 Å². The Labute approximate surface area is 119 Å². The number of hydrogen-bond acceptors (Lipinski definition) is 4. The van der Waals surface area contributed by atoms with Gasteiger partial charge in [-0.25, -0.2) is 4.79 Å². The fourth-order valence-electron chi connectivity index (χ4n) is 1.48. The molecule has 0 radical (unpaired) electrons. The van der Waals surface area contributed by atoms with Crippen LogP contribution < -0.4 is 5.32 Å². The number of benzene rings is 1. The van der Waals surface area contributed by atoms with Crippen LogP contribution in [0.25, 0.3) is 0 Å². The van der Waals surface area contributed by atoms with Gasteiger partial charge in [0.05, 0.1) is 23.2 Å². The fourth-order valence-corrected chi connectivity index (χ4v) is 2.44. The highest BCUT2D eigenvalue weighted by atomic mass is 32.2. The third-order valence-electron chi connectivity index (χ3n) is 2.35. The topological polar surface area (TPSA) is 92.7 Å². The molecule has 2 N–H and O–H groups in total. The molecule has 0 aromatic heterocycles. The Morgan fingerprint density at radius 1 is 1.35 bits per heavy atom. The van der Waals surface area contributed by atoms with E-state index in [1.165, 1.54) is 6.92 Å². The van der Waals surface area contributed by atoms with Crippen LogP contribution in [0, 0.1) is 0 Å². The van der Waals surface area contributed by atoms with Crippen molar-refractivity contribution in [2.45, 2.75) is 19.6 Å². The van der Waals surface area contributed by atoms with Crippen LogP contribution >= 0.6 is 0 Å². The van der Waals surface area contributed by atoms with Crippen LogP contribution in [0.1, 0.15) is 12.5 Å². The molecule has 20 heavy (non-hydrogen) atoms. The zero-order valence-electron chi connectivity index (χ0n) is 11.1. The molecule has 0 aliphatic carbocycles. The zero-order chi connectivity index (χ0) is 15.0. The van der Waals surface area contributed by atoms with Gasteiger partial charge in [-0.1, -0.05) is 30.3 Å². The Kier molecular flexibility index (Phi) is 6.89. The van der Waals surface area contributed by atoms with Crippen LogP contribution in [0.2, 0.25) is 0 Å². The molecule has 7 heteroatoms. The Bertz CT molecular complexity index is 477. The van der Waals surface area contributed by atoms with Crippen LogP contribution in [-0.4, -0.2) is 38.9 Å². The van der Waals surface area contributed by atoms with Crippen molar-refractivity contribution < 1.29 is 23.6 Å². The van der Waals surface area contributed by atoms with E-state index >= 15 is 0 Å². The summed E-state index contributed by atoms with van der Waals surface area (Å²) in [6.07, 6.45) is 0. The van der Waals surface area contributed by atoms with E-state index in [1.54, 1.807) is 0 Å². The van der Waals surface area contributed by atoms with Crippen molar-refractivity contribution in [3.63, 3.8) is 0 Å². The lowest BCUT2D eigenvalue weighted by Gasteiger charge is -2.12. The monoisotopic (exact) mass is 299 g/mol. The van der Waals surface area contributed by atoms with Gasteiger partial charge < -0.3 is 15.2 Å². The molecule has 1 amide bonds. The van der Waals surface area contributed by atoms with Crippen LogP contribution in [0.5, 0.6) is 0 Å². The molecular weight excluding hydrogens is 282 g/mol. The summed E-state index contributed by atoms with van der Waals surface area (Å²) in [4.78, 5) is 21.7. The highest BCUT2D eigenvalue weighted by molar-refractivity contribution is 7.84. The number of carbonyl (C=O) groups is 2. The van der Waals surface area contributed by atoms with Crippen LogP contribution in [-0.2, 0) is 31.7 Å². The van der Waals surface area contributed by atoms with Gasteiger partial charge in [0.25, 0.3) is 0 Å². The highest BCUT2D eigenvalue weighted by Gasteiger charge is 2.21. The number of nitrogens with one attached hydrogen (secondary N) is 1. The van der Waals surface area contributed by atoms with E-state index in [2.05, 4.69) is 5.32 Å². The first kappa shape index (κ1) is 16.3. The minimum Gasteiger partial charge on any atom is -0.480 e. The Hall–Kier alpha value is -1.73. The van der Waals surface area contributed by atoms with Gasteiger partial charge in [-0.3, -0.25) is 9.00 Å². The maximum absolute atomic E-state index is 11.7. The first-order valence-electron chi connectivity index (χ1n) is 5.95. The summed E-state index contributed by atoms with van der Waals surface area (Å²) in [6, 6.07) is 8.21. The van der Waals surface area contributed by atoms with Gasteiger partial charge in [-0.2, -0.15) is 0 Å². The average molecular weight is 299 g/mol. The molecule has 1 unspecified atom stereocenters. The molecule has 0 saturated heterocycles. The number of carboxylic acids is 1. The zero-order valence-corrected chi connectivity index (χ0v) is 11.9. The van der Waals surface area contributed by atoms with E-state index in [1.807, 2.05) is 30.3 Å². The summed E-state index contributed by atoms with van der Waals surface area (Å²) in [5.74, 6) is -1.93. The molecule has 0 aliphatic rings. The SMILES string of the molecule is CC(=O)N[C@@H](CS(=O)COCc1ccccc1)C(=O)O. The van der Waals surface area contributed by atoms with E-state index in [-0.39, 0.29) is 11.7 Å². The Morgan fingerprint density at radius 2 is 2.00 bits per heavy atom. The number of carboxylic acid groups (broad SMARTS) is 1. The number of aliphatic carboxylic acids is 1. The predicted molar refractivity (Wildman–Crippen MR) is 74.3 cm³/mol. The second-order valence-corrected chi connectivity index (χ2v) is 5.60. The smallest absolute Gasteiger partial charge is 0.327 e. The van der Waals surface area contributed by atoms with Crippen LogP contribution in [0.4, 0.5) is 0 Å². The molecule has 0 heterocycles. The number of ether oxygens (including phenoxy) is 1. The summed E-state index contributed by atoms with van der Waals surface area (Å²) in [5, 5.41) is 11.1. The van der Waals surface area contributed by atoms with E-state index in [9.17, 15) is 13.8 Å². The quantitative estimate of drug-likeness (QED) is 0.729. The fraction of sp³-hybridized carbons (Fsp3) is 0.385. The molecule has 1 aromatic carbocycles. The van der Waals surface area contributed by atoms with Crippen molar-refractivity contribution in [2.75, 3.05) is 11.7 Å². The molecule has 6 nitrogen and oxygen atoms in total. The van der Waals surface area contributed by atoms with Crippen molar-refractivity contribution in [2.24, 2.45) is 0 Å². The second kappa shape index (κ2) is 8.44. The van der Waals surface area contributed by atoms with E-state index in [0.29, 0.717) is 6.61 Å². The van der Waals surface area contributed by atoms with Gasteiger partial charge >= 0.3 is 5.97 Å². The molecule has 0 aliphatic heterocycles. The summed E-state index contributed by atoms with van der Waals surface area (Å²) in [6.45, 7) is 1.52. The normalized spacial score (nSPS) is 13.4. The van der Waals surface area contributed by atoms with Gasteiger partial charge in [-0.05, 0) is 5.56 Å². The minimum atomic E-state index is -1.48. The number of carbonyl (C=O) groups excluding carboxylic acids is 1. The maximum Gasteiger partial charge on any atom is 0.327 e. The first-order chi connectivity index (χ1) is 9.49. The van der Waals surface area contributed by atoms with Crippen LogP contribution in [0.15, 0.2) is 30.3 Å². The maximum atomic E-state index is 11.7. The largest absolute Gasteiger partial charge is 0.480 e. The van der Waals surface area contributed by atoms with E-state index in [4.69, 9.17) is 9.84 Å². The lowest BCUT2D eigenvalue weighted by Crippen LogP contribution is -2.43. The van der Waals surface area contributed by atoms with Crippen molar-refractivity contribution >= 4 is 22.7 Å². The van der Waals surface area contributed by atoms with Gasteiger partial charge in [0, 0.05) is 6.92 Å². The lowest BCUT2D eigenvalue weighted by atomic mass is 10.2. The predicted octanol–water partition coefficient (Wildman–Crippen LogP) is 0.499. The second-order valence-electron chi connectivity index (χ2n) is 4.15. The summed E-state index contributed by atoms with van der Waals surface area (Å²) < 4.78 is 17.0. The number of hydrogen-bond donors (Lipinski definition) is 2. The molecule has 0 spiro atoms. The van der Waals surface area contributed by atoms with Crippen molar-refractivity contribution in [1.82, 2.24) is 5.32 Å². The number of amides is 1. The summed E-state index contributed by atoms with van der Waals surface area (Å²) in [5.41, 5.74) is 0.946. The first-order valence-corrected chi connectivity index (χ1v) is 7.44. The molecule has 0 bridgehead atoms. The van der Waals surface area contributed by atoms with Gasteiger partial charge in [0.2, 0.25) is 5.91 Å². The van der Waals surface area contributed by atoms with Crippen molar-refractivity contribution in [3.05, 3.63) is 35.9 Å². The molecular formula is C13H17NO5S. The van der Waals surface area contributed by atoms with E-state index in [0.717, 1.165) is 5.56 Å². The average Bonchev–Trinajstić information content (AvgIpc) is 2.38. The Balaban J connectivity index is 2.35. The molecule has 110 valence electrons. The molecule has 1 aromatic rings. The summed E-state index contributed by atoms with van der Waals surface area (Å²) in [7, 11) is -1.48. The van der Waals surface area contributed by atoms with Gasteiger partial charge in [0.1, 0.15) is 12.0 Å². The van der Waals surface area contributed by atoms with Crippen molar-refractivity contribution in [1.29, 1.82) is 0 Å². The third-order valence-corrected chi connectivity index (χ3v) is 3.49. The summed E-state index contributed by atoms with van der Waals surface area (Å²) >= 11 is 0. The highest BCUT2D eigenvalue weighted by Crippen LogP contribution is 2.01. The number of rotatable bonds is 8. The van der Waals surface area contributed by atoms with Crippen molar-refractivity contribution in [3.8, 4) is 0 Å². The standard InChI is InChI=1S/C13H17NO5S/c1-10(15)14-12(13(16)17)8-20(18)9-19-7-11-5-3-2-4-6-11/h2-6,12H,7-9H2,1H3,(H,14,15)(H,16,17)/t12-,20?/m0/s1. The van der Waals surface area contributed by atoms with Gasteiger partial charge in [0.15, 0.2) is 0 Å². The molecule has 0 fully saturated rings. The molecule has 2 atom stereocenters. The molecule has 0 saturated carbocycles.